The summed E-state index contributed by atoms with van der Waals surface area (Å²) in [5, 5.41) is 5.19. The van der Waals surface area contributed by atoms with Gasteiger partial charge in [-0.2, -0.15) is 0 Å². The van der Waals surface area contributed by atoms with E-state index in [-0.39, 0.29) is 25.5 Å². The van der Waals surface area contributed by atoms with Crippen molar-refractivity contribution in [2.75, 3.05) is 6.54 Å². The molecule has 0 saturated carbocycles. The van der Waals surface area contributed by atoms with E-state index in [4.69, 9.17) is 14.2 Å². The van der Waals surface area contributed by atoms with Gasteiger partial charge in [0.2, 0.25) is 11.8 Å². The lowest BCUT2D eigenvalue weighted by Gasteiger charge is -2.28. The Labute approximate surface area is 242 Å². The van der Waals surface area contributed by atoms with Crippen molar-refractivity contribution in [1.29, 1.82) is 0 Å². The van der Waals surface area contributed by atoms with Crippen LogP contribution in [0.1, 0.15) is 80.2 Å². The monoisotopic (exact) mass is 578 g/mol. The number of nitrogens with one attached hydrogen (secondary N) is 4. The Morgan fingerprint density at radius 1 is 0.878 bits per heavy atom. The van der Waals surface area contributed by atoms with Gasteiger partial charge in [-0.3, -0.25) is 19.8 Å². The minimum Gasteiger partial charge on any atom is -0.460 e. The van der Waals surface area contributed by atoms with Crippen LogP contribution in [0.25, 0.3) is 0 Å². The third-order valence-corrected chi connectivity index (χ3v) is 5.18. The molecular weight excluding hydrogens is 532 g/mol. The normalized spacial score (nSPS) is 13.0. The second-order valence-corrected chi connectivity index (χ2v) is 11.9. The van der Waals surface area contributed by atoms with E-state index in [0.29, 0.717) is 6.42 Å². The fourth-order valence-corrected chi connectivity index (χ4v) is 3.32. The lowest BCUT2D eigenvalue weighted by molar-refractivity contribution is -0.160. The Hall–Kier alpha value is -3.67. The molecule has 0 aliphatic rings. The third kappa shape index (κ3) is 16.3. The maximum Gasteiger partial charge on any atom is 0.407 e. The molecule has 0 aromatic heterocycles. The number of hydrogen-bond donors (Lipinski definition) is 4. The number of alkyl carbamates (subject to hydrolysis) is 1. The van der Waals surface area contributed by atoms with Crippen LogP contribution in [0.15, 0.2) is 30.3 Å². The van der Waals surface area contributed by atoms with Gasteiger partial charge in [-0.15, -0.1) is 0 Å². The molecule has 0 bridgehead atoms. The lowest BCUT2D eigenvalue weighted by Crippen LogP contribution is -2.57. The van der Waals surface area contributed by atoms with Gasteiger partial charge in [-0.05, 0) is 59.4 Å². The van der Waals surface area contributed by atoms with E-state index in [0.717, 1.165) is 5.56 Å². The number of benzene rings is 1. The molecule has 41 heavy (non-hydrogen) atoms. The summed E-state index contributed by atoms with van der Waals surface area (Å²) in [6.07, 6.45) is -0.701. The van der Waals surface area contributed by atoms with Crippen LogP contribution in [-0.2, 0) is 40.0 Å². The van der Waals surface area contributed by atoms with Gasteiger partial charge in [0.25, 0.3) is 0 Å². The molecule has 0 radical (unpaired) electrons. The smallest absolute Gasteiger partial charge is 0.407 e. The zero-order valence-corrected chi connectivity index (χ0v) is 25.4. The van der Waals surface area contributed by atoms with E-state index in [9.17, 15) is 24.0 Å². The summed E-state index contributed by atoms with van der Waals surface area (Å²) >= 11 is 0. The summed E-state index contributed by atoms with van der Waals surface area (Å²) in [6.45, 7) is 14.0. The van der Waals surface area contributed by atoms with E-state index in [2.05, 4.69) is 21.5 Å². The predicted octanol–water partition coefficient (Wildman–Crippen LogP) is 2.90. The molecule has 0 aliphatic heterocycles. The molecule has 0 fully saturated rings. The molecular formula is C29H46N4O8. The van der Waals surface area contributed by atoms with Crippen molar-refractivity contribution in [2.24, 2.45) is 5.92 Å². The molecule has 1 aromatic rings. The fourth-order valence-electron chi connectivity index (χ4n) is 3.32. The van der Waals surface area contributed by atoms with Gasteiger partial charge in [0, 0.05) is 13.0 Å². The van der Waals surface area contributed by atoms with Crippen LogP contribution in [-0.4, -0.2) is 59.7 Å². The van der Waals surface area contributed by atoms with Gasteiger partial charge in [0.1, 0.15) is 29.9 Å². The molecule has 230 valence electrons. The third-order valence-electron chi connectivity index (χ3n) is 5.18. The average molecular weight is 579 g/mol. The average Bonchev–Trinajstić information content (AvgIpc) is 2.84. The first-order valence-corrected chi connectivity index (χ1v) is 13.7. The van der Waals surface area contributed by atoms with Crippen molar-refractivity contribution in [1.82, 2.24) is 21.5 Å². The Bertz CT molecular complexity index is 1020. The molecule has 12 nitrogen and oxygen atoms in total. The van der Waals surface area contributed by atoms with Gasteiger partial charge >= 0.3 is 18.0 Å². The Morgan fingerprint density at radius 2 is 1.49 bits per heavy atom. The molecule has 0 spiro atoms. The van der Waals surface area contributed by atoms with Crippen molar-refractivity contribution in [3.05, 3.63) is 35.9 Å². The molecule has 0 heterocycles. The minimum absolute atomic E-state index is 0.0132. The van der Waals surface area contributed by atoms with Crippen LogP contribution in [0.4, 0.5) is 4.79 Å². The lowest BCUT2D eigenvalue weighted by atomic mass is 10.0. The summed E-state index contributed by atoms with van der Waals surface area (Å²) in [5.74, 6) is -2.76. The molecule has 0 saturated heterocycles. The quantitative estimate of drug-likeness (QED) is 0.113. The molecule has 3 amide bonds. The number of rotatable bonds is 14. The summed E-state index contributed by atoms with van der Waals surface area (Å²) < 4.78 is 15.9. The Balaban J connectivity index is 2.67. The molecule has 0 aliphatic carbocycles. The standard InChI is InChI=1S/C29H46N4O8/c1-19(2)24(26(37)41-29(6,7)8)31-25(36)21(17-23(35)40-28(3,4)5)32-33-22(34)15-12-16-30-27(38)39-18-20-13-10-9-11-14-20/h9-11,13-14,19,21,24,32H,12,15-18H2,1-8H3,(H,30,38)(H,31,36)(H,33,34)/t21-,24-/m0/s1. The van der Waals surface area contributed by atoms with Crippen molar-refractivity contribution >= 4 is 29.8 Å². The van der Waals surface area contributed by atoms with E-state index in [1.807, 2.05) is 30.3 Å². The van der Waals surface area contributed by atoms with Crippen LogP contribution in [0.2, 0.25) is 0 Å². The zero-order chi connectivity index (χ0) is 31.2. The van der Waals surface area contributed by atoms with Crippen molar-refractivity contribution in [3.8, 4) is 0 Å². The van der Waals surface area contributed by atoms with Crippen molar-refractivity contribution in [3.63, 3.8) is 0 Å². The molecule has 4 N–H and O–H groups in total. The molecule has 0 unspecified atom stereocenters. The topological polar surface area (TPSA) is 161 Å². The Morgan fingerprint density at radius 3 is 2.05 bits per heavy atom. The van der Waals surface area contributed by atoms with E-state index in [1.54, 1.807) is 55.4 Å². The Kier molecular flexibility index (Phi) is 14.3. The summed E-state index contributed by atoms with van der Waals surface area (Å²) in [5.41, 5.74) is 4.31. The van der Waals surface area contributed by atoms with E-state index in [1.165, 1.54) is 0 Å². The van der Waals surface area contributed by atoms with Gasteiger partial charge in [-0.1, -0.05) is 44.2 Å². The number of carbonyl (C=O) groups is 5. The molecule has 12 heteroatoms. The summed E-state index contributed by atoms with van der Waals surface area (Å²) in [4.78, 5) is 62.5. The zero-order valence-electron chi connectivity index (χ0n) is 25.4. The number of hydrogen-bond acceptors (Lipinski definition) is 9. The first kappa shape index (κ1) is 35.4. The molecule has 1 aromatic carbocycles. The SMILES string of the molecule is CC(C)[C@H](NC(=O)[C@H](CC(=O)OC(C)(C)C)NNC(=O)CCCNC(=O)OCc1ccccc1)C(=O)OC(C)(C)C. The van der Waals surface area contributed by atoms with E-state index < -0.39 is 59.6 Å². The van der Waals surface area contributed by atoms with Crippen LogP contribution in [0.5, 0.6) is 0 Å². The van der Waals surface area contributed by atoms with E-state index >= 15 is 0 Å². The summed E-state index contributed by atoms with van der Waals surface area (Å²) in [6, 6.07) is 7.01. The fraction of sp³-hybridized carbons (Fsp3) is 0.621. The van der Waals surface area contributed by atoms with Crippen molar-refractivity contribution < 1.29 is 38.2 Å². The highest BCUT2D eigenvalue weighted by Crippen LogP contribution is 2.14. The van der Waals surface area contributed by atoms with Gasteiger partial charge in [0.05, 0.1) is 6.42 Å². The maximum atomic E-state index is 13.1. The summed E-state index contributed by atoms with van der Waals surface area (Å²) in [7, 11) is 0. The molecule has 2 atom stereocenters. The highest BCUT2D eigenvalue weighted by atomic mass is 16.6. The second-order valence-electron chi connectivity index (χ2n) is 11.9. The highest BCUT2D eigenvalue weighted by molar-refractivity contribution is 5.90. The minimum atomic E-state index is -1.23. The predicted molar refractivity (Wildman–Crippen MR) is 152 cm³/mol. The largest absolute Gasteiger partial charge is 0.460 e. The molecule has 1 rings (SSSR count). The van der Waals surface area contributed by atoms with Crippen molar-refractivity contribution in [2.45, 2.75) is 105 Å². The number of esters is 2. The first-order chi connectivity index (χ1) is 19.0. The number of carbonyl (C=O) groups excluding carboxylic acids is 5. The number of ether oxygens (including phenoxy) is 3. The van der Waals surface area contributed by atoms with Gasteiger partial charge < -0.3 is 24.8 Å². The first-order valence-electron chi connectivity index (χ1n) is 13.7. The second kappa shape index (κ2) is 16.6. The van der Waals surface area contributed by atoms with Gasteiger partial charge in [-0.25, -0.2) is 15.0 Å². The van der Waals surface area contributed by atoms with Crippen LogP contribution in [0, 0.1) is 5.92 Å². The van der Waals surface area contributed by atoms with Gasteiger partial charge in [0.15, 0.2) is 0 Å². The maximum absolute atomic E-state index is 13.1. The highest BCUT2D eigenvalue weighted by Gasteiger charge is 2.33. The number of hydrazine groups is 1. The van der Waals surface area contributed by atoms with Crippen LogP contribution in [0.3, 0.4) is 0 Å². The van der Waals surface area contributed by atoms with Crippen LogP contribution < -0.4 is 21.5 Å². The van der Waals surface area contributed by atoms with Crippen LogP contribution >= 0.6 is 0 Å². The number of amides is 3.